The molecule has 0 fully saturated rings. The lowest BCUT2D eigenvalue weighted by atomic mass is 10.2. The molecule has 2 aromatic rings. The Balaban J connectivity index is 2.22. The van der Waals surface area contributed by atoms with Gasteiger partial charge in [-0.1, -0.05) is 6.92 Å². The summed E-state index contributed by atoms with van der Waals surface area (Å²) in [6.07, 6.45) is 0.744. The van der Waals surface area contributed by atoms with E-state index in [2.05, 4.69) is 31.6 Å². The van der Waals surface area contributed by atoms with Crippen molar-refractivity contribution in [3.63, 3.8) is 0 Å². The molecule has 0 radical (unpaired) electrons. The first-order valence-corrected chi connectivity index (χ1v) is 8.92. The molecule has 0 unspecified atom stereocenters. The number of nitrogens with one attached hydrogen (secondary N) is 2. The van der Waals surface area contributed by atoms with Crippen LogP contribution >= 0.6 is 28.1 Å². The number of nitrogens with zero attached hydrogens (tertiary/aromatic N) is 2. The van der Waals surface area contributed by atoms with E-state index in [9.17, 15) is 4.79 Å². The van der Waals surface area contributed by atoms with Crippen molar-refractivity contribution in [3.8, 4) is 11.5 Å². The number of benzene rings is 1. The van der Waals surface area contributed by atoms with Crippen LogP contribution in [0.25, 0.3) is 0 Å². The molecule has 0 aliphatic rings. The fourth-order valence-corrected chi connectivity index (χ4v) is 2.99. The first kappa shape index (κ1) is 19.3. The van der Waals surface area contributed by atoms with Crippen LogP contribution in [0.3, 0.4) is 0 Å². The lowest BCUT2D eigenvalue weighted by molar-refractivity contribution is -0.119. The second-order valence-electron chi connectivity index (χ2n) is 5.06. The molecular formula is C15H20BrN5O3S. The topological polar surface area (TPSA) is 107 Å². The van der Waals surface area contributed by atoms with Crippen molar-refractivity contribution >= 4 is 34.1 Å². The van der Waals surface area contributed by atoms with E-state index in [4.69, 9.17) is 27.4 Å². The van der Waals surface area contributed by atoms with Crippen LogP contribution in [-0.4, -0.2) is 34.0 Å². The lowest BCUT2D eigenvalue weighted by Gasteiger charge is -2.15. The molecule has 1 aromatic carbocycles. The molecule has 1 amide bonds. The quantitative estimate of drug-likeness (QED) is 0.527. The molecule has 1 heterocycles. The van der Waals surface area contributed by atoms with Gasteiger partial charge in [0.05, 0.1) is 17.6 Å². The molecule has 0 aliphatic heterocycles. The molecule has 0 saturated carbocycles. The van der Waals surface area contributed by atoms with Gasteiger partial charge in [0.15, 0.2) is 23.9 Å². The summed E-state index contributed by atoms with van der Waals surface area (Å²) in [5.41, 5.74) is 9.30. The lowest BCUT2D eigenvalue weighted by Crippen LogP contribution is -2.20. The highest BCUT2D eigenvalue weighted by atomic mass is 79.9. The summed E-state index contributed by atoms with van der Waals surface area (Å²) in [7, 11) is 0. The van der Waals surface area contributed by atoms with E-state index < -0.39 is 5.91 Å². The third-order valence-electron chi connectivity index (χ3n) is 3.23. The maximum absolute atomic E-state index is 11.0. The molecule has 25 heavy (non-hydrogen) atoms. The van der Waals surface area contributed by atoms with Gasteiger partial charge in [0, 0.05) is 6.42 Å². The molecule has 10 heteroatoms. The number of primary amides is 1. The fourth-order valence-electron chi connectivity index (χ4n) is 2.17. The average molecular weight is 430 g/mol. The number of nitrogens with two attached hydrogens (primary N) is 1. The van der Waals surface area contributed by atoms with Crippen LogP contribution < -0.4 is 20.6 Å². The molecule has 0 saturated heterocycles. The van der Waals surface area contributed by atoms with Gasteiger partial charge in [-0.3, -0.25) is 9.89 Å². The van der Waals surface area contributed by atoms with Gasteiger partial charge >= 0.3 is 0 Å². The van der Waals surface area contributed by atoms with Gasteiger partial charge in [-0.25, -0.2) is 4.68 Å². The number of carbonyl (C=O) groups excluding carboxylic acids is 1. The minimum atomic E-state index is -0.554. The summed E-state index contributed by atoms with van der Waals surface area (Å²) in [6.45, 7) is 4.60. The number of halogens is 1. The number of aromatic nitrogens is 3. The summed E-state index contributed by atoms with van der Waals surface area (Å²) < 4.78 is 14.0. The Morgan fingerprint density at radius 2 is 2.20 bits per heavy atom. The zero-order chi connectivity index (χ0) is 18.4. The summed E-state index contributed by atoms with van der Waals surface area (Å²) in [5, 5.41) is 6.91. The zero-order valence-corrected chi connectivity index (χ0v) is 16.4. The van der Waals surface area contributed by atoms with Crippen molar-refractivity contribution < 1.29 is 14.3 Å². The van der Waals surface area contributed by atoms with Crippen molar-refractivity contribution in [2.75, 3.05) is 18.6 Å². The third-order valence-corrected chi connectivity index (χ3v) is 4.09. The minimum Gasteiger partial charge on any atom is -0.490 e. The van der Waals surface area contributed by atoms with Gasteiger partial charge in [0.2, 0.25) is 4.77 Å². The van der Waals surface area contributed by atoms with Crippen LogP contribution in [0.2, 0.25) is 0 Å². The molecule has 0 spiro atoms. The zero-order valence-electron chi connectivity index (χ0n) is 14.0. The number of amides is 1. The largest absolute Gasteiger partial charge is 0.490 e. The predicted molar refractivity (Wildman–Crippen MR) is 99.9 cm³/mol. The number of rotatable bonds is 9. The number of H-pyrrole nitrogens is 1. The second kappa shape index (κ2) is 8.86. The number of hydrogen-bond acceptors (Lipinski definition) is 6. The van der Waals surface area contributed by atoms with Gasteiger partial charge in [-0.2, -0.15) is 5.10 Å². The van der Waals surface area contributed by atoms with Crippen molar-refractivity contribution in [1.82, 2.24) is 14.9 Å². The van der Waals surface area contributed by atoms with Crippen LogP contribution in [-0.2, 0) is 17.8 Å². The van der Waals surface area contributed by atoms with Crippen LogP contribution in [0.15, 0.2) is 16.6 Å². The van der Waals surface area contributed by atoms with Crippen LogP contribution in [0.5, 0.6) is 11.5 Å². The smallest absolute Gasteiger partial charge is 0.255 e. The molecule has 4 N–H and O–H groups in total. The van der Waals surface area contributed by atoms with Gasteiger partial charge in [0.1, 0.15) is 0 Å². The summed E-state index contributed by atoms with van der Waals surface area (Å²) >= 11 is 8.66. The van der Waals surface area contributed by atoms with Crippen LogP contribution in [0.4, 0.5) is 0 Å². The molecule has 8 nitrogen and oxygen atoms in total. The highest BCUT2D eigenvalue weighted by Gasteiger charge is 2.14. The molecule has 136 valence electrons. The number of ether oxygens (including phenoxy) is 2. The Bertz CT molecular complexity index is 805. The van der Waals surface area contributed by atoms with Gasteiger partial charge < -0.3 is 20.6 Å². The molecular weight excluding hydrogens is 410 g/mol. The number of aryl methyl sites for hydroxylation is 1. The normalized spacial score (nSPS) is 10.5. The molecule has 0 atom stereocenters. The average Bonchev–Trinajstić information content (AvgIpc) is 2.92. The molecule has 0 aliphatic carbocycles. The van der Waals surface area contributed by atoms with Crippen molar-refractivity contribution in [3.05, 3.63) is 32.8 Å². The highest BCUT2D eigenvalue weighted by Crippen LogP contribution is 2.37. The van der Waals surface area contributed by atoms with E-state index in [1.165, 1.54) is 0 Å². The highest BCUT2D eigenvalue weighted by molar-refractivity contribution is 9.10. The first-order chi connectivity index (χ1) is 12.0. The molecule has 1 aromatic heterocycles. The SMILES string of the molecule is CCOc1cc(CNn2c(CC)n[nH]c2=S)cc(Br)c1OCC(N)=O. The maximum Gasteiger partial charge on any atom is 0.255 e. The van der Waals surface area contributed by atoms with E-state index in [-0.39, 0.29) is 6.61 Å². The summed E-state index contributed by atoms with van der Waals surface area (Å²) in [5.74, 6) is 1.23. The van der Waals surface area contributed by atoms with Gasteiger partial charge in [-0.05, 0) is 52.8 Å². The standard InChI is InChI=1S/C15H20BrN5O3S/c1-3-13-19-20-15(25)21(13)18-7-9-5-10(16)14(24-8-12(17)22)11(6-9)23-4-2/h5-6,18H,3-4,7-8H2,1-2H3,(H2,17,22)(H,20,25). The monoisotopic (exact) mass is 429 g/mol. The van der Waals surface area contributed by atoms with Crippen molar-refractivity contribution in [2.24, 2.45) is 5.73 Å². The van der Waals surface area contributed by atoms with Crippen LogP contribution in [0, 0.1) is 4.77 Å². The Labute approximate surface area is 158 Å². The Hall–Kier alpha value is -2.07. The van der Waals surface area contributed by atoms with E-state index in [0.29, 0.717) is 33.9 Å². The third kappa shape index (κ3) is 4.95. The maximum atomic E-state index is 11.0. The Kier molecular flexibility index (Phi) is 6.82. The van der Waals surface area contributed by atoms with Crippen LogP contribution in [0.1, 0.15) is 25.2 Å². The molecule has 0 bridgehead atoms. The summed E-state index contributed by atoms with van der Waals surface area (Å²) in [4.78, 5) is 11.0. The van der Waals surface area contributed by atoms with Crippen molar-refractivity contribution in [1.29, 1.82) is 0 Å². The second-order valence-corrected chi connectivity index (χ2v) is 6.30. The van der Waals surface area contributed by atoms with E-state index in [1.54, 1.807) is 4.68 Å². The predicted octanol–water partition coefficient (Wildman–Crippen LogP) is 2.27. The van der Waals surface area contributed by atoms with Gasteiger partial charge in [0.25, 0.3) is 5.91 Å². The minimum absolute atomic E-state index is 0.222. The van der Waals surface area contributed by atoms with Crippen molar-refractivity contribution in [2.45, 2.75) is 26.8 Å². The van der Waals surface area contributed by atoms with E-state index in [0.717, 1.165) is 17.8 Å². The summed E-state index contributed by atoms with van der Waals surface area (Å²) in [6, 6.07) is 3.72. The number of hydrogen-bond donors (Lipinski definition) is 3. The Morgan fingerprint density at radius 3 is 2.84 bits per heavy atom. The number of carbonyl (C=O) groups is 1. The molecule has 2 rings (SSSR count). The van der Waals surface area contributed by atoms with Gasteiger partial charge in [-0.15, -0.1) is 0 Å². The fraction of sp³-hybridized carbons (Fsp3) is 0.400. The Morgan fingerprint density at radius 1 is 1.44 bits per heavy atom. The first-order valence-electron chi connectivity index (χ1n) is 7.72. The van der Waals surface area contributed by atoms with E-state index >= 15 is 0 Å². The number of aromatic amines is 1. The van der Waals surface area contributed by atoms with E-state index in [1.807, 2.05) is 26.0 Å².